The molecule has 0 aliphatic carbocycles. The number of aromatic amines is 1. The van der Waals surface area contributed by atoms with Crippen LogP contribution in [-0.4, -0.2) is 4.98 Å². The van der Waals surface area contributed by atoms with Crippen molar-refractivity contribution >= 4 is 21.9 Å². The largest absolute Gasteiger partial charge is 0.464 e. The molecule has 0 spiro atoms. The van der Waals surface area contributed by atoms with Gasteiger partial charge < -0.3 is 9.40 Å². The minimum absolute atomic E-state index is 0.896. The Morgan fingerprint density at radius 1 is 0.444 bits per heavy atom. The van der Waals surface area contributed by atoms with E-state index in [-0.39, 0.29) is 0 Å². The maximum atomic E-state index is 6.21. The number of furan rings is 1. The lowest BCUT2D eigenvalue weighted by atomic mass is 9.86. The Bertz CT molecular complexity index is 1800. The van der Waals surface area contributed by atoms with Gasteiger partial charge in [0.25, 0.3) is 0 Å². The molecule has 2 heterocycles. The highest BCUT2D eigenvalue weighted by Gasteiger charge is 2.26. The molecule has 0 unspecified atom stereocenters. The highest BCUT2D eigenvalue weighted by molar-refractivity contribution is 6.25. The van der Waals surface area contributed by atoms with Crippen LogP contribution in [0.15, 0.2) is 138 Å². The maximum absolute atomic E-state index is 6.21. The van der Waals surface area contributed by atoms with Gasteiger partial charge in [0.1, 0.15) is 5.58 Å². The predicted octanol–water partition coefficient (Wildman–Crippen LogP) is 9.58. The molecule has 1 N–H and O–H groups in total. The molecule has 0 amide bonds. The van der Waals surface area contributed by atoms with Gasteiger partial charge in [0.15, 0.2) is 0 Å². The number of rotatable bonds is 4. The van der Waals surface area contributed by atoms with E-state index < -0.39 is 0 Å². The Morgan fingerprint density at radius 2 is 0.917 bits per heavy atom. The number of H-pyrrole nitrogens is 1. The first kappa shape index (κ1) is 20.5. The van der Waals surface area contributed by atoms with E-state index in [2.05, 4.69) is 132 Å². The third-order valence-corrected chi connectivity index (χ3v) is 6.91. The second-order valence-corrected chi connectivity index (χ2v) is 9.00. The molecule has 2 aromatic heterocycles. The average Bonchev–Trinajstić information content (AvgIpc) is 3.60. The molecule has 0 saturated heterocycles. The average molecular weight is 462 g/mol. The molecule has 36 heavy (non-hydrogen) atoms. The fraction of sp³-hybridized carbons (Fsp3) is 0. The lowest BCUT2D eigenvalue weighted by molar-refractivity contribution is 0.617. The number of hydrogen-bond acceptors (Lipinski definition) is 1. The zero-order chi connectivity index (χ0) is 23.9. The van der Waals surface area contributed by atoms with Gasteiger partial charge in [0.2, 0.25) is 0 Å². The van der Waals surface area contributed by atoms with Gasteiger partial charge in [-0.1, -0.05) is 121 Å². The van der Waals surface area contributed by atoms with E-state index >= 15 is 0 Å². The van der Waals surface area contributed by atoms with E-state index in [9.17, 15) is 0 Å². The summed E-state index contributed by atoms with van der Waals surface area (Å²) in [5, 5.41) is 2.29. The van der Waals surface area contributed by atoms with Gasteiger partial charge in [-0.2, -0.15) is 0 Å². The molecular weight excluding hydrogens is 438 g/mol. The molecule has 0 radical (unpaired) electrons. The molecule has 0 atom stereocenters. The zero-order valence-electron chi connectivity index (χ0n) is 19.6. The van der Waals surface area contributed by atoms with Crippen LogP contribution in [0.5, 0.6) is 0 Å². The minimum atomic E-state index is 0.896. The van der Waals surface area contributed by atoms with E-state index in [0.717, 1.165) is 44.4 Å². The molecule has 0 fully saturated rings. The quantitative estimate of drug-likeness (QED) is 0.278. The van der Waals surface area contributed by atoms with Crippen molar-refractivity contribution in [2.24, 2.45) is 0 Å². The number of nitrogens with one attached hydrogen (secondary N) is 1. The van der Waals surface area contributed by atoms with E-state index in [4.69, 9.17) is 4.42 Å². The van der Waals surface area contributed by atoms with Crippen LogP contribution in [0.4, 0.5) is 0 Å². The Kier molecular flexibility index (Phi) is 4.82. The molecule has 0 bridgehead atoms. The van der Waals surface area contributed by atoms with Crippen molar-refractivity contribution < 1.29 is 4.42 Å². The molecule has 5 aromatic carbocycles. The first-order valence-electron chi connectivity index (χ1n) is 12.2. The van der Waals surface area contributed by atoms with Crippen LogP contribution in [0.1, 0.15) is 0 Å². The highest BCUT2D eigenvalue weighted by Crippen LogP contribution is 2.50. The number of aromatic nitrogens is 1. The van der Waals surface area contributed by atoms with Crippen molar-refractivity contribution in [3.63, 3.8) is 0 Å². The minimum Gasteiger partial charge on any atom is -0.464 e. The summed E-state index contributed by atoms with van der Waals surface area (Å²) in [7, 11) is 0. The third-order valence-electron chi connectivity index (χ3n) is 6.91. The SMILES string of the molecule is c1ccc(-c2[nH]c3c(c2-c2ccccc2)c(-c2ccccc2)c(-c2ccccc2)c2occc23)cc1. The zero-order valence-corrected chi connectivity index (χ0v) is 19.6. The van der Waals surface area contributed by atoms with Gasteiger partial charge in [-0.15, -0.1) is 0 Å². The van der Waals surface area contributed by atoms with E-state index in [1.165, 1.54) is 22.1 Å². The topological polar surface area (TPSA) is 28.9 Å². The van der Waals surface area contributed by atoms with Crippen LogP contribution in [0.3, 0.4) is 0 Å². The third kappa shape index (κ3) is 3.19. The van der Waals surface area contributed by atoms with Crippen LogP contribution >= 0.6 is 0 Å². The maximum Gasteiger partial charge on any atom is 0.144 e. The molecule has 7 rings (SSSR count). The van der Waals surface area contributed by atoms with Gasteiger partial charge in [-0.05, 0) is 28.3 Å². The van der Waals surface area contributed by atoms with E-state index in [0.29, 0.717) is 0 Å². The fourth-order valence-corrected chi connectivity index (χ4v) is 5.38. The molecule has 0 aliphatic rings. The van der Waals surface area contributed by atoms with Gasteiger partial charge in [0.05, 0.1) is 17.5 Å². The van der Waals surface area contributed by atoms with Gasteiger partial charge in [-0.3, -0.25) is 0 Å². The number of hydrogen-bond donors (Lipinski definition) is 1. The summed E-state index contributed by atoms with van der Waals surface area (Å²) in [4.78, 5) is 3.84. The molecule has 170 valence electrons. The van der Waals surface area contributed by atoms with Crippen LogP contribution < -0.4 is 0 Å². The van der Waals surface area contributed by atoms with Crippen LogP contribution in [-0.2, 0) is 0 Å². The lowest BCUT2D eigenvalue weighted by Crippen LogP contribution is -1.90. The van der Waals surface area contributed by atoms with Crippen LogP contribution in [0.2, 0.25) is 0 Å². The van der Waals surface area contributed by atoms with Crippen LogP contribution in [0.25, 0.3) is 66.5 Å². The van der Waals surface area contributed by atoms with Gasteiger partial charge >= 0.3 is 0 Å². The summed E-state index contributed by atoms with van der Waals surface area (Å²) in [6.45, 7) is 0. The van der Waals surface area contributed by atoms with Crippen molar-refractivity contribution in [1.82, 2.24) is 4.98 Å². The van der Waals surface area contributed by atoms with E-state index in [1.54, 1.807) is 6.26 Å². The predicted molar refractivity (Wildman–Crippen MR) is 150 cm³/mol. The number of benzene rings is 5. The summed E-state index contributed by atoms with van der Waals surface area (Å²) in [5.41, 5.74) is 11.2. The van der Waals surface area contributed by atoms with Crippen LogP contribution in [0, 0.1) is 0 Å². The number of fused-ring (bicyclic) bond motifs is 3. The molecule has 0 aliphatic heterocycles. The highest BCUT2D eigenvalue weighted by atomic mass is 16.3. The van der Waals surface area contributed by atoms with E-state index in [1.807, 2.05) is 0 Å². The fourth-order valence-electron chi connectivity index (χ4n) is 5.38. The Morgan fingerprint density at radius 3 is 1.47 bits per heavy atom. The first-order valence-corrected chi connectivity index (χ1v) is 12.2. The summed E-state index contributed by atoms with van der Waals surface area (Å²) in [6.07, 6.45) is 1.80. The Balaban J connectivity index is 1.75. The summed E-state index contributed by atoms with van der Waals surface area (Å²) in [5.74, 6) is 0. The van der Waals surface area contributed by atoms with Gasteiger partial charge in [-0.25, -0.2) is 0 Å². The standard InChI is InChI=1S/C34H23NO/c1-5-13-23(14-6-1)28-30(25-17-9-3-10-18-25)34-27(21-22-36-34)33-31(28)29(24-15-7-2-8-16-24)32(35-33)26-19-11-4-12-20-26/h1-22,35H. The Labute approximate surface area is 209 Å². The summed E-state index contributed by atoms with van der Waals surface area (Å²) in [6, 6.07) is 44.6. The van der Waals surface area contributed by atoms with Crippen molar-refractivity contribution in [2.75, 3.05) is 0 Å². The molecule has 2 heteroatoms. The molecule has 0 saturated carbocycles. The van der Waals surface area contributed by atoms with Crippen molar-refractivity contribution in [2.45, 2.75) is 0 Å². The van der Waals surface area contributed by atoms with Crippen molar-refractivity contribution in [1.29, 1.82) is 0 Å². The molecule has 2 nitrogen and oxygen atoms in total. The van der Waals surface area contributed by atoms with Gasteiger partial charge in [0, 0.05) is 27.5 Å². The Hall–Kier alpha value is -4.82. The molecule has 7 aromatic rings. The summed E-state index contributed by atoms with van der Waals surface area (Å²) < 4.78 is 6.21. The summed E-state index contributed by atoms with van der Waals surface area (Å²) >= 11 is 0. The lowest BCUT2D eigenvalue weighted by Gasteiger charge is -2.15. The first-order chi connectivity index (χ1) is 17.9. The van der Waals surface area contributed by atoms with Crippen molar-refractivity contribution in [3.8, 4) is 44.6 Å². The molecular formula is C34H23NO. The normalized spacial score (nSPS) is 11.3. The second kappa shape index (κ2) is 8.44. The smallest absolute Gasteiger partial charge is 0.144 e. The van der Waals surface area contributed by atoms with Crippen molar-refractivity contribution in [3.05, 3.63) is 134 Å². The monoisotopic (exact) mass is 461 g/mol. The second-order valence-electron chi connectivity index (χ2n) is 9.00.